The van der Waals surface area contributed by atoms with Gasteiger partial charge in [0.15, 0.2) is 0 Å². The van der Waals surface area contributed by atoms with Gasteiger partial charge < -0.3 is 4.90 Å². The lowest BCUT2D eigenvalue weighted by atomic mass is 10.0. The Morgan fingerprint density at radius 2 is 2.14 bits per heavy atom. The highest BCUT2D eigenvalue weighted by Crippen LogP contribution is 2.31. The zero-order valence-corrected chi connectivity index (χ0v) is 13.8. The molecule has 0 spiro atoms. The zero-order chi connectivity index (χ0) is 16.3. The Labute approximate surface area is 132 Å². The Kier molecular flexibility index (Phi) is 5.01. The number of hydrogen-bond donors (Lipinski definition) is 1. The van der Waals surface area contributed by atoms with Crippen LogP contribution in [0.5, 0.6) is 0 Å². The quantitative estimate of drug-likeness (QED) is 0.629. The summed E-state index contributed by atoms with van der Waals surface area (Å²) in [5.74, 6) is 0.942. The lowest BCUT2D eigenvalue weighted by Crippen LogP contribution is -2.40. The summed E-state index contributed by atoms with van der Waals surface area (Å²) in [5, 5.41) is 0. The van der Waals surface area contributed by atoms with Gasteiger partial charge in [0.25, 0.3) is 0 Å². The molecule has 2 rings (SSSR count). The maximum atomic E-state index is 13.1. The third kappa shape index (κ3) is 3.38. The summed E-state index contributed by atoms with van der Waals surface area (Å²) in [6, 6.07) is 5.93. The van der Waals surface area contributed by atoms with Gasteiger partial charge in [-0.15, -0.1) is 4.48 Å². The first kappa shape index (κ1) is 16.3. The van der Waals surface area contributed by atoms with Gasteiger partial charge in [-0.05, 0) is 44.9 Å². The van der Waals surface area contributed by atoms with Crippen LogP contribution in [0.25, 0.3) is 5.70 Å². The number of nitrogens with one attached hydrogen (secondary N) is 1. The lowest BCUT2D eigenvalue weighted by molar-refractivity contribution is 0.369. The van der Waals surface area contributed by atoms with Gasteiger partial charge in [0.05, 0.1) is 17.4 Å². The van der Waals surface area contributed by atoms with E-state index < -0.39 is 0 Å². The first-order valence-corrected chi connectivity index (χ1v) is 7.62. The lowest BCUT2D eigenvalue weighted by Gasteiger charge is -2.34. The normalized spacial score (nSPS) is 17.9. The van der Waals surface area contributed by atoms with Crippen LogP contribution in [-0.2, 0) is 0 Å². The molecule has 1 N–H and O–H groups in total. The van der Waals surface area contributed by atoms with Crippen molar-refractivity contribution in [2.75, 3.05) is 12.1 Å². The number of amidine groups is 1. The standard InChI is InChI=1S/C18H24FN3/c1-6-15-10-17(20-14(5)22(15)11-12(2)3)16-8-7-13(4)9-18(16)21-19/h7-10,15,21H,2,6,11H2,1,3-5H3. The average molecular weight is 301 g/mol. The van der Waals surface area contributed by atoms with Gasteiger partial charge >= 0.3 is 0 Å². The number of nitrogens with zero attached hydrogens (tertiary/aromatic N) is 2. The molecule has 0 saturated carbocycles. The number of anilines is 1. The molecular formula is C18H24FN3. The second-order valence-electron chi connectivity index (χ2n) is 5.92. The Hall–Kier alpha value is -2.10. The molecular weight excluding hydrogens is 277 g/mol. The maximum Gasteiger partial charge on any atom is 0.102 e. The molecule has 0 aromatic heterocycles. The van der Waals surface area contributed by atoms with Crippen molar-refractivity contribution in [3.63, 3.8) is 0 Å². The van der Waals surface area contributed by atoms with E-state index in [1.807, 2.05) is 32.9 Å². The average Bonchev–Trinajstić information content (AvgIpc) is 2.48. The largest absolute Gasteiger partial charge is 0.350 e. The molecule has 0 fully saturated rings. The van der Waals surface area contributed by atoms with Crippen LogP contribution in [0.2, 0.25) is 0 Å². The summed E-state index contributed by atoms with van der Waals surface area (Å²) in [6.45, 7) is 12.9. The predicted octanol–water partition coefficient (Wildman–Crippen LogP) is 4.72. The van der Waals surface area contributed by atoms with E-state index in [0.717, 1.165) is 41.2 Å². The first-order chi connectivity index (χ1) is 10.5. The fourth-order valence-corrected chi connectivity index (χ4v) is 2.76. The van der Waals surface area contributed by atoms with Gasteiger partial charge in [-0.2, -0.15) is 0 Å². The van der Waals surface area contributed by atoms with E-state index >= 15 is 0 Å². The number of benzene rings is 1. The Bertz CT molecular complexity index is 631. The summed E-state index contributed by atoms with van der Waals surface area (Å²) in [7, 11) is 0. The second-order valence-corrected chi connectivity index (χ2v) is 5.92. The number of aliphatic imine (C=N–C) groups is 1. The van der Waals surface area contributed by atoms with E-state index in [1.54, 1.807) is 11.6 Å². The fraction of sp³-hybridized carbons (Fsp3) is 0.389. The minimum Gasteiger partial charge on any atom is -0.350 e. The molecule has 0 radical (unpaired) electrons. The number of rotatable bonds is 5. The molecule has 0 amide bonds. The summed E-state index contributed by atoms with van der Waals surface area (Å²) in [5.41, 5.74) is 5.98. The SMILES string of the molecule is C=C(C)CN1C(C)=NC(c2ccc(C)cc2NF)=CC1CC. The van der Waals surface area contributed by atoms with E-state index in [9.17, 15) is 4.48 Å². The van der Waals surface area contributed by atoms with Crippen LogP contribution in [0.3, 0.4) is 0 Å². The van der Waals surface area contributed by atoms with Gasteiger partial charge in [-0.3, -0.25) is 0 Å². The van der Waals surface area contributed by atoms with E-state index in [4.69, 9.17) is 0 Å². The number of halogens is 1. The van der Waals surface area contributed by atoms with E-state index in [2.05, 4.69) is 29.5 Å². The fourth-order valence-electron chi connectivity index (χ4n) is 2.76. The Morgan fingerprint density at radius 3 is 2.73 bits per heavy atom. The van der Waals surface area contributed by atoms with Crippen molar-refractivity contribution in [3.8, 4) is 0 Å². The molecule has 22 heavy (non-hydrogen) atoms. The van der Waals surface area contributed by atoms with Gasteiger partial charge in [0.1, 0.15) is 5.84 Å². The minimum absolute atomic E-state index is 0.248. The number of aryl methyl sites for hydroxylation is 1. The molecule has 0 bridgehead atoms. The van der Waals surface area contributed by atoms with Crippen molar-refractivity contribution in [2.45, 2.75) is 40.2 Å². The minimum atomic E-state index is 0.248. The summed E-state index contributed by atoms with van der Waals surface area (Å²) in [6.07, 6.45) is 3.08. The monoisotopic (exact) mass is 301 g/mol. The predicted molar refractivity (Wildman–Crippen MR) is 92.6 cm³/mol. The molecule has 1 aliphatic rings. The molecule has 0 saturated heterocycles. The highest BCUT2D eigenvalue weighted by atomic mass is 19.2. The van der Waals surface area contributed by atoms with Crippen LogP contribution >= 0.6 is 0 Å². The number of hydrogen-bond acceptors (Lipinski definition) is 3. The van der Waals surface area contributed by atoms with Crippen LogP contribution in [0.15, 0.2) is 41.4 Å². The Morgan fingerprint density at radius 1 is 1.41 bits per heavy atom. The van der Waals surface area contributed by atoms with Crippen molar-refractivity contribution >= 4 is 17.2 Å². The summed E-state index contributed by atoms with van der Waals surface area (Å²) in [4.78, 5) is 6.92. The highest BCUT2D eigenvalue weighted by molar-refractivity contribution is 5.91. The van der Waals surface area contributed by atoms with Crippen LogP contribution in [0.1, 0.15) is 38.3 Å². The molecule has 3 nitrogen and oxygen atoms in total. The third-order valence-corrected chi connectivity index (χ3v) is 3.86. The molecule has 1 aromatic carbocycles. The van der Waals surface area contributed by atoms with Crippen molar-refractivity contribution in [1.82, 2.24) is 4.90 Å². The van der Waals surface area contributed by atoms with Crippen molar-refractivity contribution in [3.05, 3.63) is 47.6 Å². The zero-order valence-electron chi connectivity index (χ0n) is 13.8. The van der Waals surface area contributed by atoms with Crippen LogP contribution < -0.4 is 5.54 Å². The highest BCUT2D eigenvalue weighted by Gasteiger charge is 2.23. The van der Waals surface area contributed by atoms with Gasteiger partial charge in [-0.25, -0.2) is 10.5 Å². The van der Waals surface area contributed by atoms with Crippen LogP contribution in [0.4, 0.5) is 10.2 Å². The van der Waals surface area contributed by atoms with Crippen molar-refractivity contribution in [1.29, 1.82) is 0 Å². The van der Waals surface area contributed by atoms with E-state index in [-0.39, 0.29) is 6.04 Å². The molecule has 1 unspecified atom stereocenters. The molecule has 0 aliphatic carbocycles. The first-order valence-electron chi connectivity index (χ1n) is 7.62. The van der Waals surface area contributed by atoms with Crippen LogP contribution in [-0.4, -0.2) is 23.3 Å². The van der Waals surface area contributed by atoms with Gasteiger partial charge in [-0.1, -0.05) is 31.2 Å². The topological polar surface area (TPSA) is 27.6 Å². The van der Waals surface area contributed by atoms with E-state index in [0.29, 0.717) is 5.69 Å². The van der Waals surface area contributed by atoms with Gasteiger partial charge in [0.2, 0.25) is 0 Å². The summed E-state index contributed by atoms with van der Waals surface area (Å²) >= 11 is 0. The van der Waals surface area contributed by atoms with Gasteiger partial charge in [0, 0.05) is 12.1 Å². The molecule has 1 aliphatic heterocycles. The van der Waals surface area contributed by atoms with E-state index in [1.165, 1.54) is 0 Å². The molecule has 1 aromatic rings. The van der Waals surface area contributed by atoms with Crippen LogP contribution in [0, 0.1) is 6.92 Å². The van der Waals surface area contributed by atoms with Crippen molar-refractivity contribution in [2.24, 2.45) is 4.99 Å². The maximum absolute atomic E-state index is 13.1. The molecule has 118 valence electrons. The summed E-state index contributed by atoms with van der Waals surface area (Å²) < 4.78 is 13.1. The molecule has 1 heterocycles. The third-order valence-electron chi connectivity index (χ3n) is 3.86. The second kappa shape index (κ2) is 6.77. The smallest absolute Gasteiger partial charge is 0.102 e. The van der Waals surface area contributed by atoms with Crippen molar-refractivity contribution < 1.29 is 4.48 Å². The Balaban J connectivity index is 2.41. The molecule has 1 atom stereocenters. The molecule has 4 heteroatoms.